The van der Waals surface area contributed by atoms with Gasteiger partial charge in [-0.25, -0.2) is 8.42 Å². The normalized spacial score (nSPS) is 23.0. The number of para-hydroxylation sites is 1. The number of anilines is 1. The number of hydrogen-bond donors (Lipinski definition) is 1. The molecule has 0 radical (unpaired) electrons. The second-order valence-corrected chi connectivity index (χ2v) is 7.57. The lowest BCUT2D eigenvalue weighted by Gasteiger charge is -2.23. The molecule has 0 aromatic heterocycles. The summed E-state index contributed by atoms with van der Waals surface area (Å²) in [7, 11) is -3.45. The summed E-state index contributed by atoms with van der Waals surface area (Å²) in [6, 6.07) is 6.91. The molecule has 0 bridgehead atoms. The molecule has 1 aromatic carbocycles. The highest BCUT2D eigenvalue weighted by Gasteiger charge is 2.42. The molecule has 1 N–H and O–H groups in total. The third kappa shape index (κ3) is 1.98. The number of carbonyl (C=O) groups is 1. The minimum absolute atomic E-state index is 0.0213. The van der Waals surface area contributed by atoms with Crippen LogP contribution in [0.4, 0.5) is 5.69 Å². The Kier molecular flexibility index (Phi) is 3.20. The zero-order chi connectivity index (χ0) is 14.3. The zero-order valence-corrected chi connectivity index (χ0v) is 11.8. The molecule has 1 aliphatic heterocycles. The largest absolute Gasteiger partial charge is 0.481 e. The van der Waals surface area contributed by atoms with Crippen LogP contribution in [0.5, 0.6) is 0 Å². The van der Waals surface area contributed by atoms with E-state index >= 15 is 0 Å². The summed E-state index contributed by atoms with van der Waals surface area (Å²) >= 11 is 0. The molecule has 1 atom stereocenters. The Morgan fingerprint density at radius 3 is 2.50 bits per heavy atom. The first-order valence-corrected chi connectivity index (χ1v) is 8.35. The zero-order valence-electron chi connectivity index (χ0n) is 11.0. The number of fused-ring (bicyclic) bond motifs is 1. The van der Waals surface area contributed by atoms with Gasteiger partial charge in [-0.1, -0.05) is 31.0 Å². The van der Waals surface area contributed by atoms with Gasteiger partial charge in [-0.05, 0) is 24.5 Å². The fourth-order valence-electron chi connectivity index (χ4n) is 3.19. The van der Waals surface area contributed by atoms with Crippen LogP contribution in [0.2, 0.25) is 0 Å². The molecular weight excluding hydrogens is 278 g/mol. The van der Waals surface area contributed by atoms with E-state index in [1.165, 1.54) is 4.31 Å². The van der Waals surface area contributed by atoms with Crippen LogP contribution in [0.1, 0.15) is 37.2 Å². The Morgan fingerprint density at radius 2 is 1.85 bits per heavy atom. The van der Waals surface area contributed by atoms with Gasteiger partial charge in [-0.15, -0.1) is 0 Å². The van der Waals surface area contributed by atoms with Gasteiger partial charge in [0.25, 0.3) is 0 Å². The standard InChI is InChI=1S/C14H17NO4S/c16-14(17)12-9-15(13-8-4-3-7-11(12)13)20(18,19)10-5-1-2-6-10/h3-4,7-8,10,12H,1-2,5-6,9H2,(H,16,17). The molecule has 0 spiro atoms. The van der Waals surface area contributed by atoms with E-state index in [1.807, 2.05) is 0 Å². The molecule has 1 heterocycles. The molecule has 2 aliphatic rings. The molecule has 0 amide bonds. The molecule has 1 fully saturated rings. The van der Waals surface area contributed by atoms with Crippen LogP contribution in [-0.4, -0.2) is 31.3 Å². The molecule has 3 rings (SSSR count). The topological polar surface area (TPSA) is 74.7 Å². The maximum atomic E-state index is 12.7. The van der Waals surface area contributed by atoms with Gasteiger partial charge in [0.15, 0.2) is 0 Å². The van der Waals surface area contributed by atoms with Crippen LogP contribution in [-0.2, 0) is 14.8 Å². The number of rotatable bonds is 3. The quantitative estimate of drug-likeness (QED) is 0.925. The molecule has 108 valence electrons. The van der Waals surface area contributed by atoms with Crippen molar-refractivity contribution < 1.29 is 18.3 Å². The number of hydrogen-bond acceptors (Lipinski definition) is 3. The Labute approximate surface area is 118 Å². The summed E-state index contributed by atoms with van der Waals surface area (Å²) in [6.07, 6.45) is 3.22. The van der Waals surface area contributed by atoms with Crippen molar-refractivity contribution in [3.8, 4) is 0 Å². The van der Waals surface area contributed by atoms with Crippen molar-refractivity contribution >= 4 is 21.7 Å². The molecule has 6 heteroatoms. The van der Waals surface area contributed by atoms with Gasteiger partial charge in [0, 0.05) is 0 Å². The van der Waals surface area contributed by atoms with Crippen LogP contribution < -0.4 is 4.31 Å². The van der Waals surface area contributed by atoms with Gasteiger partial charge < -0.3 is 5.11 Å². The van der Waals surface area contributed by atoms with E-state index in [1.54, 1.807) is 24.3 Å². The second-order valence-electron chi connectivity index (χ2n) is 5.43. The number of carboxylic acid groups (broad SMARTS) is 1. The number of aliphatic carboxylic acids is 1. The predicted molar refractivity (Wildman–Crippen MR) is 75.3 cm³/mol. The highest BCUT2D eigenvalue weighted by Crippen LogP contribution is 2.40. The van der Waals surface area contributed by atoms with Crippen molar-refractivity contribution in [1.29, 1.82) is 0 Å². The van der Waals surface area contributed by atoms with Crippen molar-refractivity contribution in [3.63, 3.8) is 0 Å². The van der Waals surface area contributed by atoms with E-state index < -0.39 is 21.9 Å². The summed E-state index contributed by atoms with van der Waals surface area (Å²) in [5.41, 5.74) is 1.13. The second kappa shape index (κ2) is 4.77. The fourth-order valence-corrected chi connectivity index (χ4v) is 5.28. The van der Waals surface area contributed by atoms with Gasteiger partial charge >= 0.3 is 5.97 Å². The van der Waals surface area contributed by atoms with Crippen LogP contribution >= 0.6 is 0 Å². The highest BCUT2D eigenvalue weighted by molar-refractivity contribution is 7.93. The molecule has 0 saturated heterocycles. The maximum Gasteiger partial charge on any atom is 0.312 e. The average Bonchev–Trinajstić information content (AvgIpc) is 3.07. The van der Waals surface area contributed by atoms with Gasteiger partial charge in [-0.2, -0.15) is 0 Å². The van der Waals surface area contributed by atoms with Gasteiger partial charge in [0.1, 0.15) is 5.92 Å². The summed E-state index contributed by atoms with van der Waals surface area (Å²) in [5.74, 6) is -1.73. The third-order valence-electron chi connectivity index (χ3n) is 4.26. The highest BCUT2D eigenvalue weighted by atomic mass is 32.2. The lowest BCUT2D eigenvalue weighted by molar-refractivity contribution is -0.138. The van der Waals surface area contributed by atoms with E-state index in [-0.39, 0.29) is 11.8 Å². The molecule has 5 nitrogen and oxygen atoms in total. The van der Waals surface area contributed by atoms with Crippen LogP contribution in [0.15, 0.2) is 24.3 Å². The average molecular weight is 295 g/mol. The lowest BCUT2D eigenvalue weighted by Crippen LogP contribution is -2.37. The van der Waals surface area contributed by atoms with E-state index in [4.69, 9.17) is 0 Å². The number of nitrogens with zero attached hydrogens (tertiary/aromatic N) is 1. The number of benzene rings is 1. The smallest absolute Gasteiger partial charge is 0.312 e. The van der Waals surface area contributed by atoms with Crippen molar-refractivity contribution in [3.05, 3.63) is 29.8 Å². The SMILES string of the molecule is O=C(O)C1CN(S(=O)(=O)C2CCCC2)c2ccccc21. The molecule has 1 aliphatic carbocycles. The van der Waals surface area contributed by atoms with Gasteiger partial charge in [-0.3, -0.25) is 9.10 Å². The first kappa shape index (κ1) is 13.4. The van der Waals surface area contributed by atoms with Gasteiger partial charge in [0.2, 0.25) is 10.0 Å². The van der Waals surface area contributed by atoms with E-state index in [2.05, 4.69) is 0 Å². The van der Waals surface area contributed by atoms with E-state index in [0.717, 1.165) is 12.8 Å². The minimum Gasteiger partial charge on any atom is -0.481 e. The molecule has 1 unspecified atom stereocenters. The van der Waals surface area contributed by atoms with Crippen molar-refractivity contribution in [2.24, 2.45) is 0 Å². The minimum atomic E-state index is -3.45. The lowest BCUT2D eigenvalue weighted by atomic mass is 10.0. The first-order valence-electron chi connectivity index (χ1n) is 6.85. The molecule has 1 saturated carbocycles. The monoisotopic (exact) mass is 295 g/mol. The Balaban J connectivity index is 2.02. The van der Waals surface area contributed by atoms with Crippen molar-refractivity contribution in [2.45, 2.75) is 36.9 Å². The Morgan fingerprint density at radius 1 is 1.20 bits per heavy atom. The summed E-state index contributed by atoms with van der Waals surface area (Å²) in [4.78, 5) is 11.3. The number of carboxylic acids is 1. The fraction of sp³-hybridized carbons (Fsp3) is 0.500. The summed E-state index contributed by atoms with van der Waals surface area (Å²) in [6.45, 7) is 0.0213. The van der Waals surface area contributed by atoms with Crippen molar-refractivity contribution in [2.75, 3.05) is 10.8 Å². The first-order chi connectivity index (χ1) is 9.51. The maximum absolute atomic E-state index is 12.7. The Hall–Kier alpha value is -1.56. The van der Waals surface area contributed by atoms with Crippen LogP contribution in [0.25, 0.3) is 0 Å². The van der Waals surface area contributed by atoms with Gasteiger partial charge in [0.05, 0.1) is 17.5 Å². The third-order valence-corrected chi connectivity index (χ3v) is 6.53. The predicted octanol–water partition coefficient (Wildman–Crippen LogP) is 1.95. The molecule has 20 heavy (non-hydrogen) atoms. The van der Waals surface area contributed by atoms with Crippen LogP contribution in [0.3, 0.4) is 0 Å². The van der Waals surface area contributed by atoms with Crippen molar-refractivity contribution in [1.82, 2.24) is 0 Å². The number of sulfonamides is 1. The summed E-state index contributed by atoms with van der Waals surface area (Å²) in [5, 5.41) is 8.93. The van der Waals surface area contributed by atoms with E-state index in [9.17, 15) is 18.3 Å². The Bertz CT molecular complexity index is 634. The van der Waals surface area contributed by atoms with Crippen LogP contribution in [0, 0.1) is 0 Å². The molecular formula is C14H17NO4S. The molecule has 1 aromatic rings. The van der Waals surface area contributed by atoms with E-state index in [0.29, 0.717) is 24.1 Å². The summed E-state index contributed by atoms with van der Waals surface area (Å²) < 4.78 is 26.7.